The SMILES string of the molecule is CCOc1ccc(C(=O)N2CCN(C(=O)[C@@H]3C[C@H]3c3ccc(F)cc3)CC2)cc1. The molecule has 1 heterocycles. The molecule has 0 aromatic heterocycles. The maximum atomic E-state index is 13.1. The fourth-order valence-electron chi connectivity index (χ4n) is 3.95. The third-order valence-corrected chi connectivity index (χ3v) is 5.70. The summed E-state index contributed by atoms with van der Waals surface area (Å²) in [6.07, 6.45) is 0.815. The highest BCUT2D eigenvalue weighted by atomic mass is 19.1. The summed E-state index contributed by atoms with van der Waals surface area (Å²) >= 11 is 0. The van der Waals surface area contributed by atoms with Gasteiger partial charge >= 0.3 is 0 Å². The average Bonchev–Trinajstić information content (AvgIpc) is 3.55. The minimum Gasteiger partial charge on any atom is -0.494 e. The van der Waals surface area contributed by atoms with Crippen LogP contribution in [0.4, 0.5) is 4.39 Å². The lowest BCUT2D eigenvalue weighted by Gasteiger charge is -2.35. The molecule has 0 radical (unpaired) electrons. The Balaban J connectivity index is 1.29. The molecule has 0 unspecified atom stereocenters. The zero-order chi connectivity index (χ0) is 20.4. The van der Waals surface area contributed by atoms with Gasteiger partial charge < -0.3 is 14.5 Å². The summed E-state index contributed by atoms with van der Waals surface area (Å²) in [6.45, 7) is 4.68. The van der Waals surface area contributed by atoms with Crippen LogP contribution in [0.3, 0.4) is 0 Å². The number of nitrogens with zero attached hydrogens (tertiary/aromatic N) is 2. The molecule has 2 aromatic rings. The number of halogens is 1. The van der Waals surface area contributed by atoms with Crippen molar-refractivity contribution in [2.24, 2.45) is 5.92 Å². The van der Waals surface area contributed by atoms with Crippen LogP contribution in [-0.4, -0.2) is 54.4 Å². The fraction of sp³-hybridized carbons (Fsp3) is 0.391. The van der Waals surface area contributed by atoms with Gasteiger partial charge in [-0.05, 0) is 61.2 Å². The Labute approximate surface area is 170 Å². The number of carbonyl (C=O) groups excluding carboxylic acids is 2. The van der Waals surface area contributed by atoms with E-state index in [1.54, 1.807) is 41.3 Å². The van der Waals surface area contributed by atoms with Gasteiger partial charge in [-0.3, -0.25) is 9.59 Å². The van der Waals surface area contributed by atoms with Crippen molar-refractivity contribution >= 4 is 11.8 Å². The van der Waals surface area contributed by atoms with Gasteiger partial charge in [-0.15, -0.1) is 0 Å². The van der Waals surface area contributed by atoms with Gasteiger partial charge in [-0.2, -0.15) is 0 Å². The number of carbonyl (C=O) groups is 2. The standard InChI is InChI=1S/C23H25FN2O3/c1-2-29-19-9-5-17(6-10-19)22(27)25-11-13-26(14-12-25)23(28)21-15-20(21)16-3-7-18(24)8-4-16/h3-10,20-21H,2,11-15H2,1H3/t20-,21+/m0/s1. The number of amides is 2. The minimum atomic E-state index is -0.259. The minimum absolute atomic E-state index is 0.0178. The van der Waals surface area contributed by atoms with Gasteiger partial charge in [-0.1, -0.05) is 12.1 Å². The van der Waals surface area contributed by atoms with E-state index >= 15 is 0 Å². The van der Waals surface area contributed by atoms with Crippen molar-refractivity contribution in [3.05, 3.63) is 65.5 Å². The Morgan fingerprint density at radius 2 is 1.59 bits per heavy atom. The van der Waals surface area contributed by atoms with Crippen LogP contribution in [0.1, 0.15) is 35.2 Å². The topological polar surface area (TPSA) is 49.9 Å². The molecule has 2 atom stereocenters. The third kappa shape index (κ3) is 4.26. The molecular weight excluding hydrogens is 371 g/mol. The van der Waals surface area contributed by atoms with E-state index in [4.69, 9.17) is 4.74 Å². The van der Waals surface area contributed by atoms with Crippen LogP contribution in [0.5, 0.6) is 5.75 Å². The smallest absolute Gasteiger partial charge is 0.253 e. The van der Waals surface area contributed by atoms with Gasteiger partial charge in [-0.25, -0.2) is 4.39 Å². The van der Waals surface area contributed by atoms with Crippen LogP contribution in [-0.2, 0) is 4.79 Å². The molecule has 5 nitrogen and oxygen atoms in total. The van der Waals surface area contributed by atoms with Crippen molar-refractivity contribution in [3.8, 4) is 5.75 Å². The normalized spacial score (nSPS) is 21.0. The van der Waals surface area contributed by atoms with Crippen LogP contribution in [0.2, 0.25) is 0 Å². The van der Waals surface area contributed by atoms with E-state index in [2.05, 4.69) is 0 Å². The molecule has 29 heavy (non-hydrogen) atoms. The van der Waals surface area contributed by atoms with Crippen molar-refractivity contribution < 1.29 is 18.7 Å². The first-order chi connectivity index (χ1) is 14.1. The van der Waals surface area contributed by atoms with E-state index in [1.807, 2.05) is 11.8 Å². The summed E-state index contributed by atoms with van der Waals surface area (Å²) in [5.41, 5.74) is 1.65. The van der Waals surface area contributed by atoms with Crippen LogP contribution in [0.25, 0.3) is 0 Å². The Kier molecular flexibility index (Phi) is 5.51. The largest absolute Gasteiger partial charge is 0.494 e. The van der Waals surface area contributed by atoms with Gasteiger partial charge in [0.15, 0.2) is 0 Å². The average molecular weight is 396 g/mol. The monoisotopic (exact) mass is 396 g/mol. The maximum Gasteiger partial charge on any atom is 0.253 e. The molecule has 2 aromatic carbocycles. The summed E-state index contributed by atoms with van der Waals surface area (Å²) in [7, 11) is 0. The lowest BCUT2D eigenvalue weighted by atomic mass is 10.1. The lowest BCUT2D eigenvalue weighted by molar-refractivity contribution is -0.134. The predicted octanol–water partition coefficient (Wildman–Crippen LogP) is 3.31. The first-order valence-electron chi connectivity index (χ1n) is 10.1. The van der Waals surface area contributed by atoms with E-state index in [-0.39, 0.29) is 29.5 Å². The molecule has 0 N–H and O–H groups in total. The zero-order valence-electron chi connectivity index (χ0n) is 16.5. The van der Waals surface area contributed by atoms with E-state index < -0.39 is 0 Å². The first-order valence-corrected chi connectivity index (χ1v) is 10.1. The molecule has 152 valence electrons. The van der Waals surface area contributed by atoms with Gasteiger partial charge in [0, 0.05) is 37.7 Å². The molecule has 4 rings (SSSR count). The van der Waals surface area contributed by atoms with E-state index in [9.17, 15) is 14.0 Å². The van der Waals surface area contributed by atoms with Crippen LogP contribution < -0.4 is 4.74 Å². The number of rotatable bonds is 5. The van der Waals surface area contributed by atoms with Gasteiger partial charge in [0.2, 0.25) is 5.91 Å². The van der Waals surface area contributed by atoms with Gasteiger partial charge in [0.1, 0.15) is 11.6 Å². The molecule has 2 amide bonds. The summed E-state index contributed by atoms with van der Waals surface area (Å²) in [5, 5.41) is 0. The van der Waals surface area contributed by atoms with Crippen LogP contribution in [0.15, 0.2) is 48.5 Å². The summed E-state index contributed by atoms with van der Waals surface area (Å²) in [5.74, 6) is 0.786. The third-order valence-electron chi connectivity index (χ3n) is 5.70. The highest BCUT2D eigenvalue weighted by Crippen LogP contribution is 2.48. The first kappa shape index (κ1) is 19.4. The van der Waals surface area contributed by atoms with E-state index in [0.717, 1.165) is 17.7 Å². The van der Waals surface area contributed by atoms with Crippen molar-refractivity contribution in [2.45, 2.75) is 19.3 Å². The fourth-order valence-corrected chi connectivity index (χ4v) is 3.95. The highest BCUT2D eigenvalue weighted by Gasteiger charge is 2.46. The summed E-state index contributed by atoms with van der Waals surface area (Å²) < 4.78 is 18.5. The van der Waals surface area contributed by atoms with Crippen molar-refractivity contribution in [1.82, 2.24) is 9.80 Å². The molecule has 1 aliphatic carbocycles. The number of ether oxygens (including phenoxy) is 1. The Morgan fingerprint density at radius 1 is 0.966 bits per heavy atom. The van der Waals surface area contributed by atoms with Crippen molar-refractivity contribution in [2.75, 3.05) is 32.8 Å². The second kappa shape index (κ2) is 8.23. The number of piperazine rings is 1. The molecule has 1 saturated carbocycles. The Morgan fingerprint density at radius 3 is 2.21 bits per heavy atom. The summed E-state index contributed by atoms with van der Waals surface area (Å²) in [6, 6.07) is 13.6. The molecule has 2 fully saturated rings. The highest BCUT2D eigenvalue weighted by molar-refractivity contribution is 5.94. The number of benzene rings is 2. The molecule has 6 heteroatoms. The number of hydrogen-bond acceptors (Lipinski definition) is 3. The zero-order valence-corrected chi connectivity index (χ0v) is 16.5. The molecule has 1 aliphatic heterocycles. The number of hydrogen-bond donors (Lipinski definition) is 0. The quantitative estimate of drug-likeness (QED) is 0.779. The lowest BCUT2D eigenvalue weighted by Crippen LogP contribution is -2.51. The predicted molar refractivity (Wildman–Crippen MR) is 107 cm³/mol. The van der Waals surface area contributed by atoms with Crippen LogP contribution in [0, 0.1) is 11.7 Å². The second-order valence-corrected chi connectivity index (χ2v) is 7.58. The molecule has 0 spiro atoms. The summed E-state index contributed by atoms with van der Waals surface area (Å²) in [4.78, 5) is 29.2. The van der Waals surface area contributed by atoms with Crippen molar-refractivity contribution in [3.63, 3.8) is 0 Å². The van der Waals surface area contributed by atoms with Crippen LogP contribution >= 0.6 is 0 Å². The Hall–Kier alpha value is -2.89. The van der Waals surface area contributed by atoms with E-state index in [0.29, 0.717) is 38.3 Å². The maximum absolute atomic E-state index is 13.1. The Bertz CT molecular complexity index is 874. The molecule has 2 aliphatic rings. The van der Waals surface area contributed by atoms with E-state index in [1.165, 1.54) is 12.1 Å². The second-order valence-electron chi connectivity index (χ2n) is 7.58. The molecule has 0 bridgehead atoms. The molecular formula is C23H25FN2O3. The molecule has 1 saturated heterocycles. The van der Waals surface area contributed by atoms with Gasteiger partial charge in [0.25, 0.3) is 5.91 Å². The van der Waals surface area contributed by atoms with Crippen molar-refractivity contribution in [1.29, 1.82) is 0 Å². The van der Waals surface area contributed by atoms with Gasteiger partial charge in [0.05, 0.1) is 6.61 Å².